The van der Waals surface area contributed by atoms with Crippen LogP contribution in [0, 0.1) is 0 Å². The van der Waals surface area contributed by atoms with Crippen molar-refractivity contribution in [3.8, 4) is 0 Å². The fraction of sp³-hybridized carbons (Fsp3) is 0.714. The van der Waals surface area contributed by atoms with Gasteiger partial charge in [-0.05, 0) is 10.4 Å². The number of ether oxygens (including phenoxy) is 1. The maximum Gasteiger partial charge on any atom is 0.323 e. The van der Waals surface area contributed by atoms with Crippen LogP contribution in [0.3, 0.4) is 0 Å². The van der Waals surface area contributed by atoms with Crippen molar-refractivity contribution in [1.29, 1.82) is 0 Å². The average Bonchev–Trinajstić information content (AvgIpc) is 2.62. The Labute approximate surface area is 91.3 Å². The van der Waals surface area contributed by atoms with E-state index >= 15 is 0 Å². The normalized spacial score (nSPS) is 14.7. The Kier molecular flexibility index (Phi) is 4.04. The van der Waals surface area contributed by atoms with Crippen molar-refractivity contribution in [1.82, 2.24) is 20.2 Å². The third-order valence-electron chi connectivity index (χ3n) is 1.85. The van der Waals surface area contributed by atoms with E-state index in [0.717, 1.165) is 0 Å². The Morgan fingerprint density at radius 3 is 2.80 bits per heavy atom. The predicted octanol–water partition coefficient (Wildman–Crippen LogP) is -0.809. The predicted molar refractivity (Wildman–Crippen MR) is 54.1 cm³/mol. The number of hydrogen-bond donors (Lipinski definition) is 1. The topological polar surface area (TPSA) is 95.9 Å². The highest BCUT2D eigenvalue weighted by Crippen LogP contribution is 2.21. The zero-order valence-corrected chi connectivity index (χ0v) is 9.56. The van der Waals surface area contributed by atoms with Crippen LogP contribution in [0.2, 0.25) is 0 Å². The molecule has 0 spiro atoms. The number of carbonyl (C=O) groups excluding carboxylic acids is 1. The minimum atomic E-state index is -0.684. The maximum absolute atomic E-state index is 11.1. The average molecular weight is 231 g/mol. The van der Waals surface area contributed by atoms with Crippen molar-refractivity contribution >= 4 is 17.7 Å². The lowest BCUT2D eigenvalue weighted by atomic mass is 10.2. The molecule has 1 heterocycles. The Bertz CT molecular complexity index is 342. The molecule has 0 fully saturated rings. The van der Waals surface area contributed by atoms with Gasteiger partial charge in [0.25, 0.3) is 0 Å². The van der Waals surface area contributed by atoms with E-state index in [1.807, 2.05) is 6.92 Å². The van der Waals surface area contributed by atoms with Gasteiger partial charge in [0.2, 0.25) is 5.16 Å². The van der Waals surface area contributed by atoms with Crippen LogP contribution in [0.4, 0.5) is 0 Å². The monoisotopic (exact) mass is 231 g/mol. The van der Waals surface area contributed by atoms with E-state index < -0.39 is 12.0 Å². The van der Waals surface area contributed by atoms with Crippen molar-refractivity contribution in [3.05, 3.63) is 0 Å². The molecule has 1 rings (SSSR count). The van der Waals surface area contributed by atoms with Crippen LogP contribution in [-0.4, -0.2) is 44.6 Å². The SMILES string of the molecule is COC(=O)[C@@H](N)[C@@H](C)Sc1nnnn1C. The first-order valence-electron chi connectivity index (χ1n) is 4.28. The van der Waals surface area contributed by atoms with E-state index in [1.165, 1.54) is 23.6 Å². The molecule has 0 aliphatic carbocycles. The summed E-state index contributed by atoms with van der Waals surface area (Å²) in [6.45, 7) is 1.82. The molecule has 0 aliphatic heterocycles. The summed E-state index contributed by atoms with van der Waals surface area (Å²) >= 11 is 1.33. The molecule has 0 saturated heterocycles. The van der Waals surface area contributed by atoms with Crippen molar-refractivity contribution in [3.63, 3.8) is 0 Å². The molecule has 8 heteroatoms. The molecule has 0 saturated carbocycles. The number of aryl methyl sites for hydroxylation is 1. The van der Waals surface area contributed by atoms with Gasteiger partial charge in [-0.15, -0.1) is 5.10 Å². The molecule has 1 aromatic rings. The van der Waals surface area contributed by atoms with Gasteiger partial charge in [-0.1, -0.05) is 18.7 Å². The van der Waals surface area contributed by atoms with Crippen LogP contribution in [-0.2, 0) is 16.6 Å². The molecule has 0 unspecified atom stereocenters. The molecule has 7 nitrogen and oxygen atoms in total. The summed E-state index contributed by atoms with van der Waals surface area (Å²) in [5, 5.41) is 11.4. The Morgan fingerprint density at radius 2 is 2.33 bits per heavy atom. The Hall–Kier alpha value is -1.15. The van der Waals surface area contributed by atoms with Crippen molar-refractivity contribution < 1.29 is 9.53 Å². The molecule has 84 valence electrons. The fourth-order valence-corrected chi connectivity index (χ4v) is 1.75. The van der Waals surface area contributed by atoms with Gasteiger partial charge in [0, 0.05) is 12.3 Å². The number of tetrazole rings is 1. The molecule has 0 aliphatic rings. The first-order valence-corrected chi connectivity index (χ1v) is 5.16. The van der Waals surface area contributed by atoms with Gasteiger partial charge >= 0.3 is 5.97 Å². The van der Waals surface area contributed by atoms with Crippen LogP contribution in [0.5, 0.6) is 0 Å². The molecule has 0 aromatic carbocycles. The van der Waals surface area contributed by atoms with Crippen LogP contribution >= 0.6 is 11.8 Å². The van der Waals surface area contributed by atoms with Crippen LogP contribution < -0.4 is 5.73 Å². The van der Waals surface area contributed by atoms with Crippen LogP contribution in [0.1, 0.15) is 6.92 Å². The first kappa shape index (κ1) is 11.9. The largest absolute Gasteiger partial charge is 0.468 e. The summed E-state index contributed by atoms with van der Waals surface area (Å²) in [5.41, 5.74) is 5.66. The number of nitrogens with zero attached hydrogens (tertiary/aromatic N) is 4. The number of rotatable bonds is 4. The van der Waals surface area contributed by atoms with Gasteiger partial charge < -0.3 is 10.5 Å². The number of nitrogens with two attached hydrogens (primary N) is 1. The number of hydrogen-bond acceptors (Lipinski definition) is 7. The lowest BCUT2D eigenvalue weighted by Gasteiger charge is -2.15. The quantitative estimate of drug-likeness (QED) is 0.534. The lowest BCUT2D eigenvalue weighted by Crippen LogP contribution is -2.39. The third kappa shape index (κ3) is 2.90. The molecule has 15 heavy (non-hydrogen) atoms. The minimum absolute atomic E-state index is 0.151. The van der Waals surface area contributed by atoms with Crippen LogP contribution in [0.15, 0.2) is 5.16 Å². The molecule has 0 amide bonds. The Morgan fingerprint density at radius 1 is 1.67 bits per heavy atom. The second-order valence-corrected chi connectivity index (χ2v) is 4.30. The highest BCUT2D eigenvalue weighted by atomic mass is 32.2. The van der Waals surface area contributed by atoms with Gasteiger partial charge in [-0.3, -0.25) is 4.79 Å². The highest BCUT2D eigenvalue weighted by Gasteiger charge is 2.24. The molecule has 1 aromatic heterocycles. The van der Waals surface area contributed by atoms with E-state index in [2.05, 4.69) is 20.3 Å². The van der Waals surface area contributed by atoms with E-state index in [4.69, 9.17) is 5.73 Å². The summed E-state index contributed by atoms with van der Waals surface area (Å²) < 4.78 is 6.07. The van der Waals surface area contributed by atoms with Gasteiger partial charge in [-0.2, -0.15) is 0 Å². The second kappa shape index (κ2) is 5.08. The number of carbonyl (C=O) groups is 1. The molecule has 2 N–H and O–H groups in total. The standard InChI is InChI=1S/C7H13N5O2S/c1-4(5(8)6(13)14-3)15-7-9-10-11-12(7)2/h4-5H,8H2,1-3H3/t4-,5+/m1/s1. The Balaban J connectivity index is 2.59. The summed E-state index contributed by atoms with van der Waals surface area (Å²) in [7, 11) is 3.03. The van der Waals surface area contributed by atoms with E-state index in [0.29, 0.717) is 5.16 Å². The number of aromatic nitrogens is 4. The third-order valence-corrected chi connectivity index (χ3v) is 3.07. The fourth-order valence-electron chi connectivity index (χ4n) is 0.888. The number of methoxy groups -OCH3 is 1. The zero-order valence-electron chi connectivity index (χ0n) is 8.75. The molecule has 0 radical (unpaired) electrons. The van der Waals surface area contributed by atoms with Gasteiger partial charge in [0.1, 0.15) is 6.04 Å². The van der Waals surface area contributed by atoms with Gasteiger partial charge in [0.05, 0.1) is 7.11 Å². The highest BCUT2D eigenvalue weighted by molar-refractivity contribution is 7.99. The van der Waals surface area contributed by atoms with Gasteiger partial charge in [0.15, 0.2) is 0 Å². The smallest absolute Gasteiger partial charge is 0.323 e. The minimum Gasteiger partial charge on any atom is -0.468 e. The molecular formula is C7H13N5O2S. The summed E-state index contributed by atoms with van der Waals surface area (Å²) in [6, 6.07) is -0.684. The van der Waals surface area contributed by atoms with E-state index in [1.54, 1.807) is 7.05 Å². The first-order chi connectivity index (χ1) is 7.06. The second-order valence-electron chi connectivity index (χ2n) is 2.96. The molecule has 0 bridgehead atoms. The van der Waals surface area contributed by atoms with Crippen molar-refractivity contribution in [2.45, 2.75) is 23.4 Å². The molecular weight excluding hydrogens is 218 g/mol. The molecule has 2 atom stereocenters. The summed E-state index contributed by atoms with van der Waals surface area (Å²) in [6.07, 6.45) is 0. The summed E-state index contributed by atoms with van der Waals surface area (Å²) in [4.78, 5) is 11.1. The zero-order chi connectivity index (χ0) is 11.4. The van der Waals surface area contributed by atoms with E-state index in [9.17, 15) is 4.79 Å². The maximum atomic E-state index is 11.1. The van der Waals surface area contributed by atoms with E-state index in [-0.39, 0.29) is 5.25 Å². The van der Waals surface area contributed by atoms with Crippen molar-refractivity contribution in [2.75, 3.05) is 7.11 Å². The van der Waals surface area contributed by atoms with Crippen LogP contribution in [0.25, 0.3) is 0 Å². The van der Waals surface area contributed by atoms with Crippen molar-refractivity contribution in [2.24, 2.45) is 12.8 Å². The number of esters is 1. The lowest BCUT2D eigenvalue weighted by molar-refractivity contribution is -0.142. The summed E-state index contributed by atoms with van der Waals surface area (Å²) in [5.74, 6) is -0.440. The van der Waals surface area contributed by atoms with Gasteiger partial charge in [-0.25, -0.2) is 4.68 Å². The number of thioether (sulfide) groups is 1.